The summed E-state index contributed by atoms with van der Waals surface area (Å²) in [6.45, 7) is 4.24. The van der Waals surface area contributed by atoms with Crippen LogP contribution in [0.25, 0.3) is 10.2 Å². The van der Waals surface area contributed by atoms with Gasteiger partial charge >= 0.3 is 0 Å². The van der Waals surface area contributed by atoms with E-state index in [0.717, 1.165) is 15.6 Å². The van der Waals surface area contributed by atoms with Gasteiger partial charge in [0.25, 0.3) is 5.91 Å². The number of carbonyl (C=O) groups is 1. The van der Waals surface area contributed by atoms with Gasteiger partial charge in [-0.1, -0.05) is 25.2 Å². The molecular formula is C20H24N4O5S3. The summed E-state index contributed by atoms with van der Waals surface area (Å²) in [4.78, 5) is 17.2. The number of fused-ring (bicyclic) bond motifs is 1. The predicted octanol–water partition coefficient (Wildman–Crippen LogP) is 2.83. The van der Waals surface area contributed by atoms with Crippen LogP contribution in [0.4, 0.5) is 5.13 Å². The predicted molar refractivity (Wildman–Crippen MR) is 125 cm³/mol. The molecule has 1 heterocycles. The van der Waals surface area contributed by atoms with Crippen LogP contribution < -0.4 is 5.32 Å². The molecule has 12 heteroatoms. The highest BCUT2D eigenvalue weighted by molar-refractivity contribution is 7.89. The second-order valence-electron chi connectivity index (χ2n) is 7.00. The van der Waals surface area contributed by atoms with Crippen LogP contribution in [0.15, 0.2) is 52.3 Å². The summed E-state index contributed by atoms with van der Waals surface area (Å²) < 4.78 is 52.9. The highest BCUT2D eigenvalue weighted by Crippen LogP contribution is 2.29. The van der Waals surface area contributed by atoms with Crippen LogP contribution in [0.2, 0.25) is 0 Å². The molecule has 3 aromatic rings. The normalized spacial score (nSPS) is 12.6. The van der Waals surface area contributed by atoms with Crippen LogP contribution in [0.5, 0.6) is 0 Å². The minimum atomic E-state index is -3.60. The van der Waals surface area contributed by atoms with Crippen LogP contribution in [-0.4, -0.2) is 63.5 Å². The third-order valence-electron chi connectivity index (χ3n) is 4.82. The minimum absolute atomic E-state index is 0.118. The molecule has 0 saturated heterocycles. The number of nitrogens with one attached hydrogen (secondary N) is 1. The van der Waals surface area contributed by atoms with Gasteiger partial charge in [0.2, 0.25) is 20.0 Å². The molecule has 0 aliphatic rings. The molecule has 0 aliphatic heterocycles. The number of carbonyl (C=O) groups excluding carboxylic acids is 1. The molecule has 0 spiro atoms. The lowest BCUT2D eigenvalue weighted by Gasteiger charge is -2.18. The van der Waals surface area contributed by atoms with Crippen molar-refractivity contribution in [1.29, 1.82) is 0 Å². The van der Waals surface area contributed by atoms with Gasteiger partial charge in [0, 0.05) is 32.7 Å². The van der Waals surface area contributed by atoms with Crippen LogP contribution in [0.3, 0.4) is 0 Å². The Morgan fingerprint density at radius 2 is 1.53 bits per heavy atom. The first-order valence-corrected chi connectivity index (χ1v) is 13.4. The highest BCUT2D eigenvalue weighted by Gasteiger charge is 2.22. The zero-order valence-electron chi connectivity index (χ0n) is 18.1. The van der Waals surface area contributed by atoms with Crippen molar-refractivity contribution in [2.75, 3.05) is 32.5 Å². The van der Waals surface area contributed by atoms with E-state index in [-0.39, 0.29) is 15.4 Å². The first-order valence-electron chi connectivity index (χ1n) is 9.75. The molecule has 1 amide bonds. The number of hydrogen-bond acceptors (Lipinski definition) is 7. The second kappa shape index (κ2) is 9.24. The lowest BCUT2D eigenvalue weighted by molar-refractivity contribution is 0.102. The van der Waals surface area contributed by atoms with E-state index in [1.54, 1.807) is 19.9 Å². The molecule has 1 N–H and O–H groups in total. The Morgan fingerprint density at radius 3 is 2.09 bits per heavy atom. The average molecular weight is 497 g/mol. The summed E-state index contributed by atoms with van der Waals surface area (Å²) in [5, 5.41) is 2.99. The summed E-state index contributed by atoms with van der Waals surface area (Å²) in [5.41, 5.74) is 0.835. The van der Waals surface area contributed by atoms with Crippen LogP contribution in [0.1, 0.15) is 24.2 Å². The fourth-order valence-corrected chi connectivity index (χ4v) is 6.35. The molecule has 32 heavy (non-hydrogen) atoms. The number of nitrogens with zero attached hydrogens (tertiary/aromatic N) is 3. The first kappa shape index (κ1) is 24.3. The molecular weight excluding hydrogens is 472 g/mol. The van der Waals surface area contributed by atoms with E-state index in [4.69, 9.17) is 0 Å². The van der Waals surface area contributed by atoms with E-state index in [0.29, 0.717) is 28.4 Å². The molecule has 2 aromatic carbocycles. The Labute approximate surface area is 191 Å². The number of thiazole rings is 1. The van der Waals surface area contributed by atoms with Crippen molar-refractivity contribution in [3.63, 3.8) is 0 Å². The fraction of sp³-hybridized carbons (Fsp3) is 0.300. The summed E-state index contributed by atoms with van der Waals surface area (Å²) in [6, 6.07) is 10.3. The zero-order chi connectivity index (χ0) is 23.7. The Kier molecular flexibility index (Phi) is 7.00. The molecule has 0 atom stereocenters. The summed E-state index contributed by atoms with van der Waals surface area (Å²) in [5.74, 6) is -0.447. The van der Waals surface area contributed by atoms with Crippen molar-refractivity contribution in [3.8, 4) is 0 Å². The van der Waals surface area contributed by atoms with Crippen LogP contribution in [0, 0.1) is 0 Å². The third-order valence-corrected chi connectivity index (χ3v) is 9.63. The van der Waals surface area contributed by atoms with Gasteiger partial charge in [-0.05, 0) is 42.5 Å². The number of sulfonamides is 2. The van der Waals surface area contributed by atoms with E-state index < -0.39 is 26.0 Å². The third kappa shape index (κ3) is 4.69. The minimum Gasteiger partial charge on any atom is -0.298 e. The van der Waals surface area contributed by atoms with E-state index in [2.05, 4.69) is 10.3 Å². The van der Waals surface area contributed by atoms with Gasteiger partial charge in [-0.2, -0.15) is 4.31 Å². The molecule has 0 radical (unpaired) electrons. The average Bonchev–Trinajstić information content (AvgIpc) is 3.15. The summed E-state index contributed by atoms with van der Waals surface area (Å²) in [6.07, 6.45) is 0. The van der Waals surface area contributed by atoms with Gasteiger partial charge in [-0.3, -0.25) is 10.1 Å². The maximum atomic E-state index is 12.6. The SMILES string of the molecule is CCN(CC)S(=O)(=O)c1ccc(C(=O)Nc2nc3ccc(S(=O)(=O)N(C)C)cc3s2)cc1. The second-order valence-corrected chi connectivity index (χ2v) is 12.1. The zero-order valence-corrected chi connectivity index (χ0v) is 20.5. The molecule has 9 nitrogen and oxygen atoms in total. The molecule has 3 rings (SSSR count). The molecule has 0 saturated carbocycles. The Hall–Kier alpha value is -2.38. The molecule has 0 fully saturated rings. The number of amides is 1. The van der Waals surface area contributed by atoms with Gasteiger partial charge in [0.05, 0.1) is 20.0 Å². The smallest absolute Gasteiger partial charge is 0.257 e. The fourth-order valence-electron chi connectivity index (χ4n) is 2.99. The standard InChI is InChI=1S/C20H24N4O5S3/c1-5-24(6-2)32(28,29)15-9-7-14(8-10-15)19(25)22-20-21-17-12-11-16(13-18(17)30-20)31(26,27)23(3)4/h7-13H,5-6H2,1-4H3,(H,21,22,25). The first-order chi connectivity index (χ1) is 15.0. The van der Waals surface area contributed by atoms with Crippen molar-refractivity contribution < 1.29 is 21.6 Å². The maximum absolute atomic E-state index is 12.6. The highest BCUT2D eigenvalue weighted by atomic mass is 32.2. The largest absolute Gasteiger partial charge is 0.298 e. The van der Waals surface area contributed by atoms with Gasteiger partial charge < -0.3 is 0 Å². The molecule has 0 aliphatic carbocycles. The number of rotatable bonds is 8. The van der Waals surface area contributed by atoms with Gasteiger partial charge in [0.15, 0.2) is 5.13 Å². The maximum Gasteiger partial charge on any atom is 0.257 e. The number of aromatic nitrogens is 1. The topological polar surface area (TPSA) is 117 Å². The van der Waals surface area contributed by atoms with Crippen molar-refractivity contribution in [2.24, 2.45) is 0 Å². The van der Waals surface area contributed by atoms with Crippen molar-refractivity contribution in [2.45, 2.75) is 23.6 Å². The molecule has 1 aromatic heterocycles. The van der Waals surface area contributed by atoms with E-state index in [9.17, 15) is 21.6 Å². The Balaban J connectivity index is 1.81. The van der Waals surface area contributed by atoms with Crippen molar-refractivity contribution >= 4 is 52.6 Å². The number of benzene rings is 2. The molecule has 0 bridgehead atoms. The lowest BCUT2D eigenvalue weighted by atomic mass is 10.2. The molecule has 0 unspecified atom stereocenters. The summed E-state index contributed by atoms with van der Waals surface area (Å²) in [7, 11) is -4.27. The van der Waals surface area contributed by atoms with Gasteiger partial charge in [0.1, 0.15) is 0 Å². The number of hydrogen-bond donors (Lipinski definition) is 1. The quantitative estimate of drug-likeness (QED) is 0.513. The summed E-state index contributed by atoms with van der Waals surface area (Å²) >= 11 is 1.15. The van der Waals surface area contributed by atoms with Crippen molar-refractivity contribution in [1.82, 2.24) is 13.6 Å². The van der Waals surface area contributed by atoms with Gasteiger partial charge in [-0.25, -0.2) is 26.1 Å². The van der Waals surface area contributed by atoms with Crippen LogP contribution >= 0.6 is 11.3 Å². The van der Waals surface area contributed by atoms with Crippen LogP contribution in [-0.2, 0) is 20.0 Å². The van der Waals surface area contributed by atoms with Crippen molar-refractivity contribution in [3.05, 3.63) is 48.0 Å². The van der Waals surface area contributed by atoms with E-state index >= 15 is 0 Å². The molecule has 172 valence electrons. The van der Waals surface area contributed by atoms with E-state index in [1.165, 1.54) is 54.8 Å². The monoisotopic (exact) mass is 496 g/mol. The van der Waals surface area contributed by atoms with Gasteiger partial charge in [-0.15, -0.1) is 0 Å². The Bertz CT molecular complexity index is 1340. The van der Waals surface area contributed by atoms with E-state index in [1.807, 2.05) is 0 Å². The Morgan fingerprint density at radius 1 is 0.938 bits per heavy atom. The lowest BCUT2D eigenvalue weighted by Crippen LogP contribution is -2.30. The number of anilines is 1.